The van der Waals surface area contributed by atoms with Crippen LogP contribution in [0.5, 0.6) is 0 Å². The van der Waals surface area contributed by atoms with Crippen molar-refractivity contribution in [2.45, 2.75) is 19.8 Å². The Balaban J connectivity index is 1.80. The smallest absolute Gasteiger partial charge is 0.0355 e. The molecule has 4 aromatic carbocycles. The van der Waals surface area contributed by atoms with E-state index in [-0.39, 0.29) is 0 Å². The van der Waals surface area contributed by atoms with Gasteiger partial charge in [-0.3, -0.25) is 0 Å². The van der Waals surface area contributed by atoms with E-state index in [1.54, 1.807) is 0 Å². The van der Waals surface area contributed by atoms with Gasteiger partial charge in [0.1, 0.15) is 0 Å². The van der Waals surface area contributed by atoms with Gasteiger partial charge in [-0.05, 0) is 51.6 Å². The molecule has 1 heterocycles. The minimum atomic E-state index is 0.525. The van der Waals surface area contributed by atoms with E-state index in [2.05, 4.69) is 92.7 Å². The summed E-state index contributed by atoms with van der Waals surface area (Å²) in [4.78, 5) is 0. The number of fused-ring (bicyclic) bond motifs is 4. The Kier molecular flexibility index (Phi) is 3.58. The summed E-state index contributed by atoms with van der Waals surface area (Å²) in [6.07, 6.45) is 0. The second-order valence-corrected chi connectivity index (χ2v) is 8.30. The van der Waals surface area contributed by atoms with Crippen molar-refractivity contribution in [1.82, 2.24) is 0 Å². The standard InChI is InChI=1S/C25H20S/c1-16(2)18-12-13-19(21-8-4-3-7-20(18)21)17-11-14-25-23(15-17)22-9-5-6-10-24(22)26-25/h3-16H,1-2H3. The summed E-state index contributed by atoms with van der Waals surface area (Å²) in [7, 11) is 0. The Hall–Kier alpha value is -2.64. The van der Waals surface area contributed by atoms with E-state index in [4.69, 9.17) is 0 Å². The third-order valence-electron chi connectivity index (χ3n) is 5.27. The lowest BCUT2D eigenvalue weighted by Gasteiger charge is -2.14. The largest absolute Gasteiger partial charge is 0.135 e. The molecule has 0 unspecified atom stereocenters. The summed E-state index contributed by atoms with van der Waals surface area (Å²) in [5, 5.41) is 5.44. The van der Waals surface area contributed by atoms with Crippen molar-refractivity contribution in [2.24, 2.45) is 0 Å². The average Bonchev–Trinajstić information content (AvgIpc) is 3.05. The second kappa shape index (κ2) is 5.96. The Morgan fingerprint density at radius 3 is 2.12 bits per heavy atom. The van der Waals surface area contributed by atoms with Crippen molar-refractivity contribution in [3.05, 3.63) is 84.4 Å². The average molecular weight is 353 g/mol. The Bertz CT molecular complexity index is 1260. The maximum absolute atomic E-state index is 2.37. The molecule has 1 heteroatoms. The molecular weight excluding hydrogens is 332 g/mol. The second-order valence-electron chi connectivity index (χ2n) is 7.21. The molecule has 0 spiro atoms. The molecule has 0 nitrogen and oxygen atoms in total. The van der Waals surface area contributed by atoms with Gasteiger partial charge in [-0.2, -0.15) is 0 Å². The molecule has 0 aliphatic heterocycles. The number of benzene rings is 4. The highest BCUT2D eigenvalue weighted by atomic mass is 32.1. The molecule has 0 amide bonds. The van der Waals surface area contributed by atoms with Crippen LogP contribution in [0.1, 0.15) is 25.3 Å². The molecule has 5 aromatic rings. The van der Waals surface area contributed by atoms with E-state index >= 15 is 0 Å². The van der Waals surface area contributed by atoms with Crippen LogP contribution in [0.4, 0.5) is 0 Å². The van der Waals surface area contributed by atoms with Crippen LogP contribution in [-0.2, 0) is 0 Å². The van der Waals surface area contributed by atoms with Crippen molar-refractivity contribution in [3.8, 4) is 11.1 Å². The molecule has 0 aliphatic carbocycles. The molecular formula is C25H20S. The lowest BCUT2D eigenvalue weighted by atomic mass is 9.90. The summed E-state index contributed by atoms with van der Waals surface area (Å²) in [5.41, 5.74) is 4.04. The first-order valence-corrected chi connectivity index (χ1v) is 9.97. The fourth-order valence-corrected chi connectivity index (χ4v) is 5.06. The van der Waals surface area contributed by atoms with E-state index in [0.717, 1.165) is 0 Å². The summed E-state index contributed by atoms with van der Waals surface area (Å²) in [5.74, 6) is 0.525. The first-order valence-electron chi connectivity index (χ1n) is 9.16. The van der Waals surface area contributed by atoms with Gasteiger partial charge in [0.15, 0.2) is 0 Å². The van der Waals surface area contributed by atoms with E-state index in [1.165, 1.54) is 47.6 Å². The molecule has 0 saturated heterocycles. The van der Waals surface area contributed by atoms with Crippen LogP contribution in [-0.4, -0.2) is 0 Å². The monoisotopic (exact) mass is 352 g/mol. The number of hydrogen-bond donors (Lipinski definition) is 0. The fraction of sp³-hybridized carbons (Fsp3) is 0.120. The van der Waals surface area contributed by atoms with Gasteiger partial charge in [0.25, 0.3) is 0 Å². The molecule has 126 valence electrons. The molecule has 0 fully saturated rings. The highest BCUT2D eigenvalue weighted by molar-refractivity contribution is 7.25. The van der Waals surface area contributed by atoms with Gasteiger partial charge in [0.05, 0.1) is 0 Å². The predicted octanol–water partition coefficient (Wildman–Crippen LogP) is 8.00. The molecule has 0 bridgehead atoms. The van der Waals surface area contributed by atoms with E-state index in [0.29, 0.717) is 5.92 Å². The van der Waals surface area contributed by atoms with Crippen molar-refractivity contribution in [3.63, 3.8) is 0 Å². The van der Waals surface area contributed by atoms with Gasteiger partial charge in [-0.15, -0.1) is 11.3 Å². The maximum atomic E-state index is 2.37. The van der Waals surface area contributed by atoms with Crippen molar-refractivity contribution in [2.75, 3.05) is 0 Å². The van der Waals surface area contributed by atoms with Gasteiger partial charge in [-0.25, -0.2) is 0 Å². The highest BCUT2D eigenvalue weighted by Gasteiger charge is 2.11. The summed E-state index contributed by atoms with van der Waals surface area (Å²) in [6, 6.07) is 29.0. The fourth-order valence-electron chi connectivity index (χ4n) is 3.97. The van der Waals surface area contributed by atoms with E-state index in [9.17, 15) is 0 Å². The first kappa shape index (κ1) is 15.6. The summed E-state index contributed by atoms with van der Waals surface area (Å²) in [6.45, 7) is 4.54. The van der Waals surface area contributed by atoms with Crippen molar-refractivity contribution >= 4 is 42.3 Å². The van der Waals surface area contributed by atoms with Crippen LogP contribution < -0.4 is 0 Å². The predicted molar refractivity (Wildman–Crippen MR) is 116 cm³/mol. The van der Waals surface area contributed by atoms with Crippen LogP contribution in [0.25, 0.3) is 42.1 Å². The number of thiophene rings is 1. The lowest BCUT2D eigenvalue weighted by molar-refractivity contribution is 0.876. The molecule has 0 saturated carbocycles. The van der Waals surface area contributed by atoms with Crippen LogP contribution in [0.2, 0.25) is 0 Å². The summed E-state index contributed by atoms with van der Waals surface area (Å²) < 4.78 is 2.72. The van der Waals surface area contributed by atoms with Crippen molar-refractivity contribution in [1.29, 1.82) is 0 Å². The zero-order valence-corrected chi connectivity index (χ0v) is 15.8. The zero-order chi connectivity index (χ0) is 17.7. The van der Waals surface area contributed by atoms with Crippen LogP contribution in [0, 0.1) is 0 Å². The Morgan fingerprint density at radius 1 is 0.615 bits per heavy atom. The van der Waals surface area contributed by atoms with E-state index in [1.807, 2.05) is 11.3 Å². The van der Waals surface area contributed by atoms with Crippen LogP contribution in [0.3, 0.4) is 0 Å². The normalized spacial score (nSPS) is 11.8. The lowest BCUT2D eigenvalue weighted by Crippen LogP contribution is -1.91. The number of rotatable bonds is 2. The molecule has 0 radical (unpaired) electrons. The molecule has 0 N–H and O–H groups in total. The Morgan fingerprint density at radius 2 is 1.31 bits per heavy atom. The Labute approximate surface area is 157 Å². The quantitative estimate of drug-likeness (QED) is 0.302. The number of hydrogen-bond acceptors (Lipinski definition) is 1. The van der Waals surface area contributed by atoms with Crippen LogP contribution in [0.15, 0.2) is 78.9 Å². The molecule has 0 atom stereocenters. The topological polar surface area (TPSA) is 0 Å². The van der Waals surface area contributed by atoms with Crippen LogP contribution >= 0.6 is 11.3 Å². The third-order valence-corrected chi connectivity index (χ3v) is 6.42. The molecule has 0 aliphatic rings. The van der Waals surface area contributed by atoms with Gasteiger partial charge in [-0.1, -0.05) is 74.5 Å². The minimum Gasteiger partial charge on any atom is -0.135 e. The zero-order valence-electron chi connectivity index (χ0n) is 15.0. The van der Waals surface area contributed by atoms with Gasteiger partial charge >= 0.3 is 0 Å². The van der Waals surface area contributed by atoms with Gasteiger partial charge in [0.2, 0.25) is 0 Å². The van der Waals surface area contributed by atoms with Gasteiger partial charge < -0.3 is 0 Å². The molecule has 1 aromatic heterocycles. The van der Waals surface area contributed by atoms with Crippen molar-refractivity contribution < 1.29 is 0 Å². The summed E-state index contributed by atoms with van der Waals surface area (Å²) >= 11 is 1.88. The molecule has 26 heavy (non-hydrogen) atoms. The SMILES string of the molecule is CC(C)c1ccc(-c2ccc3sc4ccccc4c3c2)c2ccccc12. The highest BCUT2D eigenvalue weighted by Crippen LogP contribution is 2.39. The third kappa shape index (κ3) is 2.35. The minimum absolute atomic E-state index is 0.525. The first-order chi connectivity index (χ1) is 12.7. The van der Waals surface area contributed by atoms with E-state index < -0.39 is 0 Å². The maximum Gasteiger partial charge on any atom is 0.0355 e. The molecule has 5 rings (SSSR count). The van der Waals surface area contributed by atoms with Gasteiger partial charge in [0, 0.05) is 20.2 Å².